The predicted octanol–water partition coefficient (Wildman–Crippen LogP) is 4.87. The van der Waals surface area contributed by atoms with Gasteiger partial charge in [-0.3, -0.25) is 24.0 Å². The van der Waals surface area contributed by atoms with Gasteiger partial charge in [0.25, 0.3) is 5.91 Å². The second-order valence-corrected chi connectivity index (χ2v) is 16.7. The zero-order chi connectivity index (χ0) is 42.4. The second-order valence-electron chi connectivity index (χ2n) is 16.7. The highest BCUT2D eigenvalue weighted by Gasteiger charge is 2.45. The van der Waals surface area contributed by atoms with Crippen LogP contribution in [0.4, 0.5) is 4.79 Å². The van der Waals surface area contributed by atoms with Crippen molar-refractivity contribution in [2.24, 2.45) is 11.8 Å². The van der Waals surface area contributed by atoms with E-state index in [2.05, 4.69) is 21.3 Å². The first-order valence-electron chi connectivity index (χ1n) is 20.6. The highest BCUT2D eigenvalue weighted by Crippen LogP contribution is 2.35. The smallest absolute Gasteiger partial charge is 0.407 e. The second kappa shape index (κ2) is 21.5. The standard InChI is InChI=1S/C44H61N5O9/c1-7-17-33(38(51)40(53)45-25-35(50)47-37(31-22-15-10-16-23-31)42(55)58-44(4,5)6)46-39(52)34-24-32(29-18-11-8-12-19-29)26-49(34)41(54)36(30-20-13-9-14-21-30)48-43(56)57-27-28(2)3/h8,10-12,15-16,18-19,22-23,28,30,32-34,36-37H,7,9,13-14,17,20-21,24-27H2,1-6H3,(H,45,53)(H,46,52)(H,47,50)(H,48,56)/t32-,33?,34+,36+,37+/m1/s1. The molecule has 1 aliphatic heterocycles. The molecule has 1 aliphatic carbocycles. The van der Waals surface area contributed by atoms with Gasteiger partial charge in [0.15, 0.2) is 6.04 Å². The van der Waals surface area contributed by atoms with E-state index in [0.717, 1.165) is 37.7 Å². The number of ketones is 1. The zero-order valence-corrected chi connectivity index (χ0v) is 34.7. The van der Waals surface area contributed by atoms with Crippen LogP contribution in [0.3, 0.4) is 0 Å². The average Bonchev–Trinajstić information content (AvgIpc) is 3.66. The first-order chi connectivity index (χ1) is 27.6. The monoisotopic (exact) mass is 803 g/mol. The lowest BCUT2D eigenvalue weighted by Gasteiger charge is -2.34. The molecule has 1 unspecified atom stereocenters. The molecule has 4 N–H and O–H groups in total. The van der Waals surface area contributed by atoms with E-state index in [9.17, 15) is 33.6 Å². The number of benzene rings is 2. The SMILES string of the molecule is CCCC(NC(=O)[C@@H]1C[C@@H](c2ccccc2)CN1C(=O)[C@@H](NC(=O)OCC(C)C)C1CCCCC1)C(=O)C(=O)NCC(=O)N[C@H](C(=O)OC(C)(C)C)c1ccccc1. The van der Waals surface area contributed by atoms with Crippen molar-refractivity contribution in [2.45, 2.75) is 129 Å². The van der Waals surface area contributed by atoms with Gasteiger partial charge >= 0.3 is 12.1 Å². The lowest BCUT2D eigenvalue weighted by atomic mass is 9.83. The van der Waals surface area contributed by atoms with Gasteiger partial charge in [-0.1, -0.05) is 107 Å². The summed E-state index contributed by atoms with van der Waals surface area (Å²) in [6, 6.07) is 13.7. The minimum atomic E-state index is -1.25. The van der Waals surface area contributed by atoms with E-state index >= 15 is 0 Å². The molecule has 5 amide bonds. The molecule has 1 saturated heterocycles. The highest BCUT2D eigenvalue weighted by molar-refractivity contribution is 6.38. The topological polar surface area (TPSA) is 189 Å². The quantitative estimate of drug-likeness (QED) is 0.128. The number of carbonyl (C=O) groups is 7. The fourth-order valence-corrected chi connectivity index (χ4v) is 7.46. The molecule has 2 aliphatic rings. The maximum absolute atomic E-state index is 14.6. The number of nitrogens with one attached hydrogen (secondary N) is 4. The third kappa shape index (κ3) is 13.4. The van der Waals surface area contributed by atoms with Gasteiger partial charge in [0.1, 0.15) is 17.7 Å². The number of nitrogens with zero attached hydrogens (tertiary/aromatic N) is 1. The van der Waals surface area contributed by atoms with Crippen LogP contribution in [0.2, 0.25) is 0 Å². The number of hydrogen-bond donors (Lipinski definition) is 4. The van der Waals surface area contributed by atoms with E-state index in [1.54, 1.807) is 58.0 Å². The van der Waals surface area contributed by atoms with E-state index < -0.39 is 77.8 Å². The van der Waals surface area contributed by atoms with Gasteiger partial charge in [-0.05, 0) is 69.4 Å². The fraction of sp³-hybridized carbons (Fsp3) is 0.568. The van der Waals surface area contributed by atoms with Gasteiger partial charge in [-0.25, -0.2) is 9.59 Å². The van der Waals surface area contributed by atoms with E-state index in [1.165, 1.54) is 4.90 Å². The summed E-state index contributed by atoms with van der Waals surface area (Å²) < 4.78 is 10.9. The Morgan fingerprint density at radius 2 is 1.48 bits per heavy atom. The molecule has 0 spiro atoms. The average molecular weight is 804 g/mol. The Hall–Kier alpha value is -5.27. The first-order valence-corrected chi connectivity index (χ1v) is 20.6. The number of hydrogen-bond acceptors (Lipinski definition) is 9. The molecular formula is C44H61N5O9. The zero-order valence-electron chi connectivity index (χ0n) is 34.7. The Morgan fingerprint density at radius 1 is 0.845 bits per heavy atom. The molecule has 316 valence electrons. The molecule has 1 saturated carbocycles. The van der Waals surface area contributed by atoms with Crippen LogP contribution in [-0.2, 0) is 38.2 Å². The van der Waals surface area contributed by atoms with Crippen molar-refractivity contribution in [1.29, 1.82) is 0 Å². The molecule has 5 atom stereocenters. The van der Waals surface area contributed by atoms with Gasteiger partial charge in [0, 0.05) is 12.5 Å². The molecule has 0 bridgehead atoms. The molecule has 2 aromatic carbocycles. The Bertz CT molecular complexity index is 1720. The minimum absolute atomic E-state index is 0.0991. The van der Waals surface area contributed by atoms with Crippen molar-refractivity contribution in [2.75, 3.05) is 19.7 Å². The van der Waals surface area contributed by atoms with Crippen molar-refractivity contribution in [3.8, 4) is 0 Å². The number of esters is 1. The summed E-state index contributed by atoms with van der Waals surface area (Å²) in [5, 5.41) is 10.5. The van der Waals surface area contributed by atoms with Crippen LogP contribution in [0.1, 0.15) is 116 Å². The van der Waals surface area contributed by atoms with Gasteiger partial charge in [0.05, 0.1) is 19.2 Å². The number of amides is 5. The van der Waals surface area contributed by atoms with Crippen molar-refractivity contribution < 1.29 is 43.0 Å². The molecular weight excluding hydrogens is 743 g/mol. The number of ether oxygens (including phenoxy) is 2. The maximum Gasteiger partial charge on any atom is 0.407 e. The number of alkyl carbamates (subject to hydrolysis) is 1. The van der Waals surface area contributed by atoms with Crippen molar-refractivity contribution >= 4 is 41.5 Å². The Balaban J connectivity index is 1.49. The summed E-state index contributed by atoms with van der Waals surface area (Å²) in [6.45, 7) is 10.5. The summed E-state index contributed by atoms with van der Waals surface area (Å²) in [7, 11) is 0. The molecule has 14 nitrogen and oxygen atoms in total. The van der Waals surface area contributed by atoms with Crippen molar-refractivity contribution in [3.05, 3.63) is 71.8 Å². The van der Waals surface area contributed by atoms with Crippen LogP contribution < -0.4 is 21.3 Å². The van der Waals surface area contributed by atoms with Crippen LogP contribution >= 0.6 is 0 Å². The van der Waals surface area contributed by atoms with Crippen LogP contribution in [0, 0.1) is 11.8 Å². The number of likely N-dealkylation sites (tertiary alicyclic amines) is 1. The fourth-order valence-electron chi connectivity index (χ4n) is 7.46. The summed E-state index contributed by atoms with van der Waals surface area (Å²) in [5.41, 5.74) is 0.586. The summed E-state index contributed by atoms with van der Waals surface area (Å²) in [6.07, 6.45) is 4.46. The lowest BCUT2D eigenvalue weighted by molar-refractivity contribution is -0.158. The number of rotatable bonds is 17. The molecule has 14 heteroatoms. The van der Waals surface area contributed by atoms with Crippen LogP contribution in [-0.4, -0.2) is 89.8 Å². The van der Waals surface area contributed by atoms with E-state index in [0.29, 0.717) is 12.0 Å². The van der Waals surface area contributed by atoms with Crippen molar-refractivity contribution in [1.82, 2.24) is 26.2 Å². The molecule has 1 heterocycles. The normalized spacial score (nSPS) is 18.6. The molecule has 2 aromatic rings. The molecule has 0 radical (unpaired) electrons. The van der Waals surface area contributed by atoms with Crippen LogP contribution in [0.5, 0.6) is 0 Å². The largest absolute Gasteiger partial charge is 0.458 e. The van der Waals surface area contributed by atoms with Gasteiger partial charge in [-0.15, -0.1) is 0 Å². The Kier molecular flexibility index (Phi) is 16.8. The minimum Gasteiger partial charge on any atom is -0.458 e. The third-order valence-corrected chi connectivity index (χ3v) is 10.3. The van der Waals surface area contributed by atoms with Gasteiger partial charge < -0.3 is 35.6 Å². The Morgan fingerprint density at radius 3 is 2.09 bits per heavy atom. The highest BCUT2D eigenvalue weighted by atomic mass is 16.6. The molecule has 0 aromatic heterocycles. The third-order valence-electron chi connectivity index (χ3n) is 10.3. The number of Topliss-reactive ketones (excluding diaryl/α,β-unsaturated/α-hetero) is 1. The Labute approximate surface area is 341 Å². The van der Waals surface area contributed by atoms with E-state index in [-0.39, 0.29) is 43.7 Å². The molecule has 2 fully saturated rings. The summed E-state index contributed by atoms with van der Waals surface area (Å²) >= 11 is 0. The van der Waals surface area contributed by atoms with Crippen molar-refractivity contribution in [3.63, 3.8) is 0 Å². The summed E-state index contributed by atoms with van der Waals surface area (Å²) in [4.78, 5) is 96.1. The lowest BCUT2D eigenvalue weighted by Crippen LogP contribution is -2.58. The maximum atomic E-state index is 14.6. The predicted molar refractivity (Wildman–Crippen MR) is 217 cm³/mol. The van der Waals surface area contributed by atoms with E-state index in [1.807, 2.05) is 44.2 Å². The molecule has 4 rings (SSSR count). The van der Waals surface area contributed by atoms with Crippen LogP contribution in [0.25, 0.3) is 0 Å². The first kappa shape index (κ1) is 45.4. The number of carbonyl (C=O) groups excluding carboxylic acids is 7. The van der Waals surface area contributed by atoms with Crippen LogP contribution in [0.15, 0.2) is 60.7 Å². The van der Waals surface area contributed by atoms with Gasteiger partial charge in [0.2, 0.25) is 23.5 Å². The summed E-state index contributed by atoms with van der Waals surface area (Å²) in [5.74, 6) is -4.73. The van der Waals surface area contributed by atoms with E-state index in [4.69, 9.17) is 9.47 Å². The van der Waals surface area contributed by atoms with Gasteiger partial charge in [-0.2, -0.15) is 0 Å². The molecule has 58 heavy (non-hydrogen) atoms.